The quantitative estimate of drug-likeness (QED) is 0.624. The zero-order chi connectivity index (χ0) is 7.98. The van der Waals surface area contributed by atoms with Gasteiger partial charge in [-0.3, -0.25) is 4.79 Å². The van der Waals surface area contributed by atoms with E-state index in [2.05, 4.69) is 12.2 Å². The Hall–Kier alpha value is -0.370. The van der Waals surface area contributed by atoms with Crippen LogP contribution in [0.2, 0.25) is 0 Å². The first-order chi connectivity index (χ1) is 4.70. The minimum atomic E-state index is 0.230. The average Bonchev–Trinajstić information content (AvgIpc) is 1.88. The maximum absolute atomic E-state index is 10.8. The molecular weight excluding hydrogens is 126 g/mol. The molecule has 1 atom stereocenters. The Morgan fingerprint density at radius 1 is 1.70 bits per heavy atom. The Labute approximate surface area is 63.0 Å². The van der Waals surface area contributed by atoms with Crippen LogP contribution in [0.5, 0.6) is 0 Å². The highest BCUT2D eigenvalue weighted by Crippen LogP contribution is 1.94. The maximum Gasteiger partial charge on any atom is 0.134 e. The van der Waals surface area contributed by atoms with E-state index >= 15 is 0 Å². The van der Waals surface area contributed by atoms with E-state index in [1.54, 1.807) is 0 Å². The minimum Gasteiger partial charge on any atom is -0.314 e. The molecule has 1 unspecified atom stereocenters. The van der Waals surface area contributed by atoms with Crippen LogP contribution in [0.25, 0.3) is 0 Å². The van der Waals surface area contributed by atoms with Crippen molar-refractivity contribution in [1.82, 2.24) is 5.32 Å². The molecule has 0 aromatic heterocycles. The number of nitrogens with one attached hydrogen (secondary N) is 1. The predicted molar refractivity (Wildman–Crippen MR) is 42.7 cm³/mol. The van der Waals surface area contributed by atoms with E-state index in [0.29, 0.717) is 18.9 Å². The molecule has 1 N–H and O–H groups in total. The highest BCUT2D eigenvalue weighted by molar-refractivity contribution is 5.79. The highest BCUT2D eigenvalue weighted by Gasteiger charge is 2.04. The Kier molecular flexibility index (Phi) is 5.22. The van der Waals surface area contributed by atoms with Gasteiger partial charge in [0.2, 0.25) is 0 Å². The van der Waals surface area contributed by atoms with Crippen LogP contribution in [-0.2, 0) is 4.79 Å². The summed E-state index contributed by atoms with van der Waals surface area (Å²) < 4.78 is 0. The molecule has 0 saturated heterocycles. The summed E-state index contributed by atoms with van der Waals surface area (Å²) in [5.74, 6) is 0.230. The van der Waals surface area contributed by atoms with Gasteiger partial charge < -0.3 is 5.32 Å². The number of hydrogen-bond acceptors (Lipinski definition) is 2. The average molecular weight is 142 g/mol. The number of carbonyl (C=O) groups is 1. The summed E-state index contributed by atoms with van der Waals surface area (Å²) >= 11 is 0. The van der Waals surface area contributed by atoms with Crippen molar-refractivity contribution in [1.29, 1.82) is 0 Å². The lowest BCUT2D eigenvalue weighted by molar-refractivity contribution is -0.118. The van der Waals surface area contributed by atoms with Gasteiger partial charge in [0.05, 0.1) is 0 Å². The first-order valence-corrected chi connectivity index (χ1v) is 3.75. The smallest absolute Gasteiger partial charge is 0.134 e. The fourth-order valence-corrected chi connectivity index (χ4v) is 0.864. The van der Waals surface area contributed by atoms with Crippen molar-refractivity contribution < 1.29 is 4.79 Å². The summed E-state index contributed by atoms with van der Waals surface area (Å²) in [6, 6.07) is 0.305. The molecule has 0 fully saturated rings. The zero-order valence-corrected chi connectivity index (χ0v) is 6.81. The maximum atomic E-state index is 10.8. The number of rotatable bonds is 5. The zero-order valence-electron chi connectivity index (χ0n) is 6.81. The second kappa shape index (κ2) is 5.42. The van der Waals surface area contributed by atoms with Crippen molar-refractivity contribution in [2.75, 3.05) is 6.54 Å². The van der Waals surface area contributed by atoms with Gasteiger partial charge in [0.1, 0.15) is 5.78 Å². The molecule has 0 aromatic rings. The van der Waals surface area contributed by atoms with E-state index in [1.807, 2.05) is 13.8 Å². The molecule has 1 radical (unpaired) electrons. The van der Waals surface area contributed by atoms with Crippen LogP contribution in [0.15, 0.2) is 0 Å². The fourth-order valence-electron chi connectivity index (χ4n) is 0.864. The molecule has 10 heavy (non-hydrogen) atoms. The van der Waals surface area contributed by atoms with Gasteiger partial charge in [0, 0.05) is 18.9 Å². The molecule has 0 bridgehead atoms. The monoisotopic (exact) mass is 142 g/mol. The van der Waals surface area contributed by atoms with Gasteiger partial charge in [-0.2, -0.15) is 0 Å². The molecule has 0 saturated carbocycles. The van der Waals surface area contributed by atoms with Crippen molar-refractivity contribution in [3.05, 3.63) is 6.92 Å². The summed E-state index contributed by atoms with van der Waals surface area (Å²) in [5.41, 5.74) is 0. The topological polar surface area (TPSA) is 29.1 Å². The molecule has 2 heteroatoms. The van der Waals surface area contributed by atoms with Crippen molar-refractivity contribution in [2.24, 2.45) is 0 Å². The van der Waals surface area contributed by atoms with E-state index in [-0.39, 0.29) is 5.78 Å². The second-order valence-electron chi connectivity index (χ2n) is 2.45. The second-order valence-corrected chi connectivity index (χ2v) is 2.45. The highest BCUT2D eigenvalue weighted by atomic mass is 16.1. The molecule has 2 nitrogen and oxygen atoms in total. The first kappa shape index (κ1) is 9.63. The molecule has 0 aliphatic carbocycles. The van der Waals surface area contributed by atoms with Crippen LogP contribution < -0.4 is 5.32 Å². The van der Waals surface area contributed by atoms with E-state index in [9.17, 15) is 4.79 Å². The van der Waals surface area contributed by atoms with Crippen LogP contribution in [-0.4, -0.2) is 18.4 Å². The Morgan fingerprint density at radius 3 is 2.70 bits per heavy atom. The van der Waals surface area contributed by atoms with E-state index in [0.717, 1.165) is 6.54 Å². The van der Waals surface area contributed by atoms with Crippen LogP contribution in [0.4, 0.5) is 0 Å². The Bertz CT molecular complexity index is 101. The number of carbonyl (C=O) groups excluding carboxylic acids is 1. The van der Waals surface area contributed by atoms with Crippen molar-refractivity contribution in [3.63, 3.8) is 0 Å². The number of Topliss-reactive ketones (excluding diaryl/α,β-unsaturated/α-hetero) is 1. The standard InChI is InChI=1S/C8H16NO/c1-4-8(10)6-7(3)9-5-2/h7,9H,1,4-6H2,2-3H3. The Balaban J connectivity index is 3.37. The van der Waals surface area contributed by atoms with Gasteiger partial charge in [0.15, 0.2) is 0 Å². The van der Waals surface area contributed by atoms with Gasteiger partial charge in [0.25, 0.3) is 0 Å². The van der Waals surface area contributed by atoms with Crippen LogP contribution in [0, 0.1) is 6.92 Å². The largest absolute Gasteiger partial charge is 0.314 e. The van der Waals surface area contributed by atoms with Crippen LogP contribution in [0.1, 0.15) is 26.7 Å². The summed E-state index contributed by atoms with van der Waals surface area (Å²) in [5, 5.41) is 3.16. The van der Waals surface area contributed by atoms with E-state index < -0.39 is 0 Å². The van der Waals surface area contributed by atoms with E-state index in [4.69, 9.17) is 0 Å². The molecule has 0 aromatic carbocycles. The molecule has 0 spiro atoms. The molecule has 0 rings (SSSR count). The lowest BCUT2D eigenvalue weighted by atomic mass is 10.1. The van der Waals surface area contributed by atoms with Gasteiger partial charge in [-0.05, 0) is 20.4 Å². The summed E-state index contributed by atoms with van der Waals surface area (Å²) in [4.78, 5) is 10.8. The van der Waals surface area contributed by atoms with Gasteiger partial charge >= 0.3 is 0 Å². The molecule has 0 heterocycles. The van der Waals surface area contributed by atoms with Crippen molar-refractivity contribution >= 4 is 5.78 Å². The molecular formula is C8H16NO. The third-order valence-electron chi connectivity index (χ3n) is 1.37. The normalized spacial score (nSPS) is 13.1. The van der Waals surface area contributed by atoms with Gasteiger partial charge in [-0.25, -0.2) is 0 Å². The summed E-state index contributed by atoms with van der Waals surface area (Å²) in [6.45, 7) is 8.49. The first-order valence-electron chi connectivity index (χ1n) is 3.75. The van der Waals surface area contributed by atoms with Gasteiger partial charge in [-0.1, -0.05) is 6.92 Å². The van der Waals surface area contributed by atoms with Crippen molar-refractivity contribution in [3.8, 4) is 0 Å². The van der Waals surface area contributed by atoms with Gasteiger partial charge in [-0.15, -0.1) is 0 Å². The fraction of sp³-hybridized carbons (Fsp3) is 0.750. The van der Waals surface area contributed by atoms with Crippen LogP contribution in [0.3, 0.4) is 0 Å². The summed E-state index contributed by atoms with van der Waals surface area (Å²) in [7, 11) is 0. The Morgan fingerprint density at radius 2 is 2.30 bits per heavy atom. The molecule has 59 valence electrons. The van der Waals surface area contributed by atoms with E-state index in [1.165, 1.54) is 0 Å². The third kappa shape index (κ3) is 4.50. The number of ketones is 1. The predicted octanol–water partition coefficient (Wildman–Crippen LogP) is 1.17. The van der Waals surface area contributed by atoms with Crippen molar-refractivity contribution in [2.45, 2.75) is 32.7 Å². The summed E-state index contributed by atoms with van der Waals surface area (Å²) in [6.07, 6.45) is 1.02. The molecule has 0 amide bonds. The number of hydrogen-bond donors (Lipinski definition) is 1. The minimum absolute atomic E-state index is 0.230. The lowest BCUT2D eigenvalue weighted by Crippen LogP contribution is -2.27. The third-order valence-corrected chi connectivity index (χ3v) is 1.37. The molecule has 0 aliphatic rings. The SMILES string of the molecule is [CH2]CC(=O)CC(C)NCC. The molecule has 0 aliphatic heterocycles. The lowest BCUT2D eigenvalue weighted by Gasteiger charge is -2.09. The van der Waals surface area contributed by atoms with Crippen LogP contribution >= 0.6 is 0 Å².